The van der Waals surface area contributed by atoms with Crippen molar-refractivity contribution in [2.45, 2.75) is 19.1 Å². The van der Waals surface area contributed by atoms with Crippen molar-refractivity contribution in [3.63, 3.8) is 0 Å². The summed E-state index contributed by atoms with van der Waals surface area (Å²) in [5, 5.41) is 15.1. The van der Waals surface area contributed by atoms with Gasteiger partial charge in [-0.2, -0.15) is 14.0 Å². The van der Waals surface area contributed by atoms with Gasteiger partial charge in [-0.3, -0.25) is 19.4 Å². The molecule has 0 spiro atoms. The third-order valence-corrected chi connectivity index (χ3v) is 5.73. The van der Waals surface area contributed by atoms with Gasteiger partial charge in [0.15, 0.2) is 5.75 Å². The molecule has 11 heteroatoms. The second-order valence-corrected chi connectivity index (χ2v) is 8.09. The first-order chi connectivity index (χ1) is 17.4. The van der Waals surface area contributed by atoms with Gasteiger partial charge in [-0.15, -0.1) is 0 Å². The number of aromatic nitrogens is 1. The van der Waals surface area contributed by atoms with Crippen LogP contribution in [-0.2, 0) is 9.59 Å². The largest absolute Gasteiger partial charge is 0.432 e. The van der Waals surface area contributed by atoms with Crippen LogP contribution in [0.3, 0.4) is 0 Å². The summed E-state index contributed by atoms with van der Waals surface area (Å²) < 4.78 is 30.2. The number of pyridine rings is 1. The minimum Gasteiger partial charge on any atom is -0.432 e. The zero-order chi connectivity index (χ0) is 25.7. The number of carbonyl (C=O) groups is 3. The molecule has 2 N–H and O–H groups in total. The molecule has 1 aliphatic heterocycles. The number of nitriles is 1. The molecule has 0 radical (unpaired) electrons. The number of anilines is 1. The van der Waals surface area contributed by atoms with Crippen molar-refractivity contribution in [3.05, 3.63) is 66.4 Å². The van der Waals surface area contributed by atoms with E-state index in [0.717, 1.165) is 6.07 Å². The van der Waals surface area contributed by atoms with E-state index in [1.807, 2.05) is 12.1 Å². The van der Waals surface area contributed by atoms with E-state index in [1.54, 1.807) is 36.4 Å². The summed E-state index contributed by atoms with van der Waals surface area (Å²) in [5.41, 5.74) is 0.769. The number of amides is 3. The molecule has 0 bridgehead atoms. The molecule has 3 aromatic rings. The van der Waals surface area contributed by atoms with E-state index in [1.165, 1.54) is 17.2 Å². The Morgan fingerprint density at radius 2 is 1.94 bits per heavy atom. The monoisotopic (exact) mass is 493 g/mol. The Labute approximate surface area is 204 Å². The maximum Gasteiger partial charge on any atom is 0.387 e. The van der Waals surface area contributed by atoms with Gasteiger partial charge in [0, 0.05) is 29.4 Å². The minimum atomic E-state index is -3.11. The van der Waals surface area contributed by atoms with Gasteiger partial charge in [0.25, 0.3) is 5.91 Å². The van der Waals surface area contributed by atoms with Crippen LogP contribution >= 0.6 is 0 Å². The number of para-hydroxylation sites is 1. The molecule has 2 aromatic carbocycles. The molecule has 0 aliphatic carbocycles. The molecule has 9 nitrogen and oxygen atoms in total. The molecule has 3 amide bonds. The Morgan fingerprint density at radius 1 is 1.17 bits per heavy atom. The molecule has 2 atom stereocenters. The number of rotatable bonds is 7. The first kappa shape index (κ1) is 24.5. The average Bonchev–Trinajstić information content (AvgIpc) is 3.32. The fourth-order valence-corrected chi connectivity index (χ4v) is 4.03. The van der Waals surface area contributed by atoms with E-state index in [9.17, 15) is 28.4 Å². The molecule has 2 heterocycles. The smallest absolute Gasteiger partial charge is 0.387 e. The van der Waals surface area contributed by atoms with Crippen molar-refractivity contribution in [2.75, 3.05) is 18.4 Å². The third-order valence-electron chi connectivity index (χ3n) is 5.73. The van der Waals surface area contributed by atoms with Crippen LogP contribution < -0.4 is 15.4 Å². The highest BCUT2D eigenvalue weighted by molar-refractivity contribution is 6.01. The SMILES string of the molecule is N#CC1CC(C(=O)Nc2ccccc2)CN1C(=O)CNC(=O)c1cc(OC(F)F)c2ncccc2c1. The van der Waals surface area contributed by atoms with Gasteiger partial charge in [0.05, 0.1) is 18.5 Å². The van der Waals surface area contributed by atoms with E-state index in [4.69, 9.17) is 0 Å². The van der Waals surface area contributed by atoms with Crippen molar-refractivity contribution < 1.29 is 27.9 Å². The van der Waals surface area contributed by atoms with E-state index in [-0.39, 0.29) is 35.7 Å². The molecule has 184 valence electrons. The molecule has 36 heavy (non-hydrogen) atoms. The zero-order valence-corrected chi connectivity index (χ0v) is 18.9. The summed E-state index contributed by atoms with van der Waals surface area (Å²) in [7, 11) is 0. The lowest BCUT2D eigenvalue weighted by Crippen LogP contribution is -2.42. The molecule has 1 aliphatic rings. The predicted octanol–water partition coefficient (Wildman–Crippen LogP) is 2.95. The van der Waals surface area contributed by atoms with Gasteiger partial charge in [0.1, 0.15) is 11.6 Å². The summed E-state index contributed by atoms with van der Waals surface area (Å²) in [6, 6.07) is 15.8. The lowest BCUT2D eigenvalue weighted by atomic mass is 10.1. The summed E-state index contributed by atoms with van der Waals surface area (Å²) >= 11 is 0. The van der Waals surface area contributed by atoms with Crippen molar-refractivity contribution in [1.82, 2.24) is 15.2 Å². The van der Waals surface area contributed by atoms with Crippen molar-refractivity contribution in [3.8, 4) is 11.8 Å². The Kier molecular flexibility index (Phi) is 7.34. The van der Waals surface area contributed by atoms with E-state index >= 15 is 0 Å². The Hall–Kier alpha value is -4.59. The summed E-state index contributed by atoms with van der Waals surface area (Å²) in [6.07, 6.45) is 1.58. The summed E-state index contributed by atoms with van der Waals surface area (Å²) in [6.45, 7) is -3.53. The molecular weight excluding hydrogens is 472 g/mol. The quantitative estimate of drug-likeness (QED) is 0.522. The van der Waals surface area contributed by atoms with Gasteiger partial charge < -0.3 is 20.3 Å². The van der Waals surface area contributed by atoms with Crippen LogP contribution in [0.4, 0.5) is 14.5 Å². The van der Waals surface area contributed by atoms with Crippen LogP contribution in [0.25, 0.3) is 10.9 Å². The maximum atomic E-state index is 12.8. The van der Waals surface area contributed by atoms with Crippen molar-refractivity contribution in [1.29, 1.82) is 5.26 Å². The summed E-state index contributed by atoms with van der Waals surface area (Å²) in [5.74, 6) is -2.40. The maximum absolute atomic E-state index is 12.8. The molecule has 1 fully saturated rings. The molecule has 2 unspecified atom stereocenters. The number of likely N-dealkylation sites (tertiary alicyclic amines) is 1. The number of ether oxygens (including phenoxy) is 1. The van der Waals surface area contributed by atoms with Gasteiger partial charge in [-0.1, -0.05) is 24.3 Å². The zero-order valence-electron chi connectivity index (χ0n) is 18.9. The van der Waals surface area contributed by atoms with Crippen LogP contribution in [0.15, 0.2) is 60.8 Å². The predicted molar refractivity (Wildman–Crippen MR) is 125 cm³/mol. The number of hydrogen-bond acceptors (Lipinski definition) is 6. The lowest BCUT2D eigenvalue weighted by molar-refractivity contribution is -0.130. The topological polar surface area (TPSA) is 124 Å². The van der Waals surface area contributed by atoms with E-state index < -0.39 is 36.9 Å². The Morgan fingerprint density at radius 3 is 2.67 bits per heavy atom. The number of nitrogens with one attached hydrogen (secondary N) is 2. The molecule has 4 rings (SSSR count). The number of fused-ring (bicyclic) bond motifs is 1. The number of hydrogen-bond donors (Lipinski definition) is 2. The number of alkyl halides is 2. The fourth-order valence-electron chi connectivity index (χ4n) is 4.03. The standard InChI is InChI=1S/C25H21F2N5O4/c26-25(27)36-20-11-16(9-15-5-4-8-29-22(15)20)23(34)30-13-21(33)32-14-17(10-19(32)12-28)24(35)31-18-6-2-1-3-7-18/h1-9,11,17,19,25H,10,13-14H2,(H,30,34)(H,31,35). The Bertz CT molecular complexity index is 1330. The highest BCUT2D eigenvalue weighted by atomic mass is 19.3. The van der Waals surface area contributed by atoms with Gasteiger partial charge in [-0.05, 0) is 36.8 Å². The van der Waals surface area contributed by atoms with Gasteiger partial charge >= 0.3 is 6.61 Å². The summed E-state index contributed by atoms with van der Waals surface area (Å²) in [4.78, 5) is 43.4. The molecule has 1 saturated heterocycles. The van der Waals surface area contributed by atoms with Gasteiger partial charge in [0.2, 0.25) is 11.8 Å². The van der Waals surface area contributed by atoms with E-state index in [0.29, 0.717) is 11.1 Å². The average molecular weight is 493 g/mol. The molecule has 1 aromatic heterocycles. The normalized spacial score (nSPS) is 17.0. The first-order valence-corrected chi connectivity index (χ1v) is 11.0. The fraction of sp³-hybridized carbons (Fsp3) is 0.240. The second kappa shape index (κ2) is 10.8. The van der Waals surface area contributed by atoms with Crippen LogP contribution in [0, 0.1) is 17.2 Å². The second-order valence-electron chi connectivity index (χ2n) is 8.09. The van der Waals surface area contributed by atoms with Crippen LogP contribution in [0.2, 0.25) is 0 Å². The van der Waals surface area contributed by atoms with Crippen LogP contribution in [0.1, 0.15) is 16.8 Å². The number of halogens is 2. The third kappa shape index (κ3) is 5.55. The molecule has 0 saturated carbocycles. The van der Waals surface area contributed by atoms with Crippen LogP contribution in [-0.4, -0.2) is 53.3 Å². The highest BCUT2D eigenvalue weighted by Crippen LogP contribution is 2.28. The number of carbonyl (C=O) groups excluding carboxylic acids is 3. The van der Waals surface area contributed by atoms with Crippen molar-refractivity contribution in [2.24, 2.45) is 5.92 Å². The minimum absolute atomic E-state index is 0.00248. The highest BCUT2D eigenvalue weighted by Gasteiger charge is 2.38. The number of benzene rings is 2. The van der Waals surface area contributed by atoms with E-state index in [2.05, 4.69) is 20.4 Å². The van der Waals surface area contributed by atoms with Crippen LogP contribution in [0.5, 0.6) is 5.75 Å². The first-order valence-electron chi connectivity index (χ1n) is 11.0. The lowest BCUT2D eigenvalue weighted by Gasteiger charge is -2.20. The van der Waals surface area contributed by atoms with Crippen molar-refractivity contribution >= 4 is 34.3 Å². The molecular formula is C25H21F2N5O4. The number of nitrogens with zero attached hydrogens (tertiary/aromatic N) is 3. The Balaban J connectivity index is 1.41. The van der Waals surface area contributed by atoms with Gasteiger partial charge in [-0.25, -0.2) is 0 Å².